The molecule has 0 saturated carbocycles. The van der Waals surface area contributed by atoms with Crippen molar-refractivity contribution in [2.75, 3.05) is 0 Å². The average Bonchev–Trinajstić information content (AvgIpc) is 2.46. The molecule has 0 aliphatic carbocycles. The van der Waals surface area contributed by atoms with Crippen molar-refractivity contribution in [1.29, 1.82) is 0 Å². The molecule has 0 aliphatic rings. The molecule has 0 unspecified atom stereocenters. The number of benzene rings is 1. The minimum Gasteiger partial charge on any atom is -0.350 e. The van der Waals surface area contributed by atoms with Gasteiger partial charge >= 0.3 is 0 Å². The summed E-state index contributed by atoms with van der Waals surface area (Å²) in [7, 11) is 0. The summed E-state index contributed by atoms with van der Waals surface area (Å²) in [6.07, 6.45) is 0. The number of para-hydroxylation sites is 1. The van der Waals surface area contributed by atoms with E-state index in [1.807, 2.05) is 18.2 Å². The van der Waals surface area contributed by atoms with E-state index in [4.69, 9.17) is 11.6 Å². The van der Waals surface area contributed by atoms with Crippen molar-refractivity contribution in [2.24, 2.45) is 0 Å². The minimum absolute atomic E-state index is 0.0573. The van der Waals surface area contributed by atoms with Gasteiger partial charge in [0, 0.05) is 16.8 Å². The highest BCUT2D eigenvalue weighted by atomic mass is 79.9. The van der Waals surface area contributed by atoms with Crippen LogP contribution in [0.3, 0.4) is 0 Å². The summed E-state index contributed by atoms with van der Waals surface area (Å²) in [5, 5.41) is 1.36. The zero-order valence-electron chi connectivity index (χ0n) is 7.40. The second-order valence-corrected chi connectivity index (χ2v) is 4.26. The molecule has 0 amide bonds. The lowest BCUT2D eigenvalue weighted by atomic mass is 10.2. The van der Waals surface area contributed by atoms with Crippen molar-refractivity contribution in [3.63, 3.8) is 0 Å². The fourth-order valence-corrected chi connectivity index (χ4v) is 2.19. The monoisotopic (exact) mass is 271 g/mol. The molecule has 0 saturated heterocycles. The first-order chi connectivity index (χ1) is 6.61. The standard InChI is InChI=1S/C10H7BrClNO/c1-5(14)9-8(12)6-3-2-4-7(11)10(6)13-9/h2-4,13H,1H3. The average molecular weight is 273 g/mol. The fraction of sp³-hybridized carbons (Fsp3) is 0.100. The molecule has 0 atom stereocenters. The van der Waals surface area contributed by atoms with Gasteiger partial charge < -0.3 is 4.98 Å². The molecule has 1 aromatic carbocycles. The Balaban J connectivity index is 2.86. The molecule has 0 bridgehead atoms. The Morgan fingerprint density at radius 3 is 2.79 bits per heavy atom. The van der Waals surface area contributed by atoms with Gasteiger partial charge in [0.1, 0.15) is 5.69 Å². The first-order valence-corrected chi connectivity index (χ1v) is 5.25. The van der Waals surface area contributed by atoms with E-state index >= 15 is 0 Å². The van der Waals surface area contributed by atoms with Gasteiger partial charge in [0.05, 0.1) is 10.5 Å². The molecule has 2 nitrogen and oxygen atoms in total. The molecule has 14 heavy (non-hydrogen) atoms. The molecule has 2 rings (SSSR count). The van der Waals surface area contributed by atoms with E-state index in [1.165, 1.54) is 6.92 Å². The molecule has 0 aliphatic heterocycles. The van der Waals surface area contributed by atoms with E-state index in [0.717, 1.165) is 15.4 Å². The summed E-state index contributed by atoms with van der Waals surface area (Å²) in [6.45, 7) is 1.49. The SMILES string of the molecule is CC(=O)c1[nH]c2c(Br)cccc2c1Cl. The highest BCUT2D eigenvalue weighted by Gasteiger charge is 2.13. The number of hydrogen-bond acceptors (Lipinski definition) is 1. The predicted molar refractivity (Wildman–Crippen MR) is 61.0 cm³/mol. The van der Waals surface area contributed by atoms with Crippen LogP contribution in [0.2, 0.25) is 5.02 Å². The highest BCUT2D eigenvalue weighted by Crippen LogP contribution is 2.31. The number of fused-ring (bicyclic) bond motifs is 1. The third-order valence-corrected chi connectivity index (χ3v) is 3.13. The Hall–Kier alpha value is -0.800. The quantitative estimate of drug-likeness (QED) is 0.787. The number of carbonyl (C=O) groups excluding carboxylic acids is 1. The molecular weight excluding hydrogens is 265 g/mol. The Labute approximate surface area is 94.4 Å². The van der Waals surface area contributed by atoms with Gasteiger partial charge in [-0.15, -0.1) is 0 Å². The van der Waals surface area contributed by atoms with Crippen LogP contribution >= 0.6 is 27.5 Å². The molecule has 1 aromatic heterocycles. The van der Waals surface area contributed by atoms with Gasteiger partial charge in [-0.05, 0) is 22.0 Å². The lowest BCUT2D eigenvalue weighted by Crippen LogP contribution is -1.91. The maximum atomic E-state index is 11.2. The number of halogens is 2. The molecule has 2 aromatic rings. The van der Waals surface area contributed by atoms with E-state index in [-0.39, 0.29) is 5.78 Å². The van der Waals surface area contributed by atoms with Crippen molar-refractivity contribution >= 4 is 44.2 Å². The van der Waals surface area contributed by atoms with Gasteiger partial charge in [-0.25, -0.2) is 0 Å². The number of Topliss-reactive ketones (excluding diaryl/α,β-unsaturated/α-hetero) is 1. The lowest BCUT2D eigenvalue weighted by molar-refractivity contribution is 0.101. The summed E-state index contributed by atoms with van der Waals surface area (Å²) in [5.74, 6) is -0.0573. The fourth-order valence-electron chi connectivity index (χ4n) is 1.39. The predicted octanol–water partition coefficient (Wildman–Crippen LogP) is 3.79. The summed E-state index contributed by atoms with van der Waals surface area (Å²) < 4.78 is 0.907. The Bertz CT molecular complexity index is 518. The zero-order chi connectivity index (χ0) is 10.3. The van der Waals surface area contributed by atoms with E-state index < -0.39 is 0 Å². The Kier molecular flexibility index (Phi) is 2.37. The summed E-state index contributed by atoms with van der Waals surface area (Å²) in [4.78, 5) is 14.2. The van der Waals surface area contributed by atoms with E-state index in [9.17, 15) is 4.79 Å². The van der Waals surface area contributed by atoms with Crippen LogP contribution in [0.25, 0.3) is 10.9 Å². The maximum absolute atomic E-state index is 11.2. The maximum Gasteiger partial charge on any atom is 0.177 e. The lowest BCUT2D eigenvalue weighted by Gasteiger charge is -1.91. The highest BCUT2D eigenvalue weighted by molar-refractivity contribution is 9.10. The third kappa shape index (κ3) is 1.37. The van der Waals surface area contributed by atoms with Crippen LogP contribution in [0.1, 0.15) is 17.4 Å². The molecule has 0 spiro atoms. The molecule has 72 valence electrons. The van der Waals surface area contributed by atoms with Crippen molar-refractivity contribution in [1.82, 2.24) is 4.98 Å². The normalized spacial score (nSPS) is 10.8. The number of nitrogens with one attached hydrogen (secondary N) is 1. The number of rotatable bonds is 1. The van der Waals surface area contributed by atoms with Crippen LogP contribution in [0, 0.1) is 0 Å². The topological polar surface area (TPSA) is 32.9 Å². The van der Waals surface area contributed by atoms with Crippen LogP contribution in [0.15, 0.2) is 22.7 Å². The summed E-state index contributed by atoms with van der Waals surface area (Å²) >= 11 is 9.44. The largest absolute Gasteiger partial charge is 0.350 e. The molecule has 0 radical (unpaired) electrons. The van der Waals surface area contributed by atoms with E-state index in [1.54, 1.807) is 0 Å². The van der Waals surface area contributed by atoms with Gasteiger partial charge in [-0.1, -0.05) is 23.7 Å². The molecule has 1 N–H and O–H groups in total. The summed E-state index contributed by atoms with van der Waals surface area (Å²) in [5.41, 5.74) is 1.33. The number of ketones is 1. The van der Waals surface area contributed by atoms with Gasteiger partial charge in [0.15, 0.2) is 5.78 Å². The number of carbonyl (C=O) groups is 1. The van der Waals surface area contributed by atoms with Crippen molar-refractivity contribution in [3.05, 3.63) is 33.4 Å². The van der Waals surface area contributed by atoms with Crippen LogP contribution in [-0.4, -0.2) is 10.8 Å². The van der Waals surface area contributed by atoms with Crippen molar-refractivity contribution in [3.8, 4) is 0 Å². The van der Waals surface area contributed by atoms with Crippen LogP contribution in [0.5, 0.6) is 0 Å². The first-order valence-electron chi connectivity index (χ1n) is 4.08. The number of aromatic amines is 1. The molecular formula is C10H7BrClNO. The third-order valence-electron chi connectivity index (χ3n) is 2.07. The Morgan fingerprint density at radius 1 is 1.50 bits per heavy atom. The Morgan fingerprint density at radius 2 is 2.21 bits per heavy atom. The van der Waals surface area contributed by atoms with Gasteiger partial charge in [0.25, 0.3) is 0 Å². The van der Waals surface area contributed by atoms with Crippen LogP contribution < -0.4 is 0 Å². The smallest absolute Gasteiger partial charge is 0.177 e. The molecule has 0 fully saturated rings. The summed E-state index contributed by atoms with van der Waals surface area (Å²) in [6, 6.07) is 5.67. The van der Waals surface area contributed by atoms with Gasteiger partial charge in [-0.3, -0.25) is 4.79 Å². The molecule has 4 heteroatoms. The van der Waals surface area contributed by atoms with E-state index in [0.29, 0.717) is 10.7 Å². The second kappa shape index (κ2) is 3.41. The first kappa shape index (κ1) is 9.74. The zero-order valence-corrected chi connectivity index (χ0v) is 9.74. The number of aromatic nitrogens is 1. The number of hydrogen-bond donors (Lipinski definition) is 1. The van der Waals surface area contributed by atoms with Crippen molar-refractivity contribution in [2.45, 2.75) is 6.92 Å². The number of H-pyrrole nitrogens is 1. The minimum atomic E-state index is -0.0573. The van der Waals surface area contributed by atoms with Crippen molar-refractivity contribution < 1.29 is 4.79 Å². The second-order valence-electron chi connectivity index (χ2n) is 3.03. The van der Waals surface area contributed by atoms with Gasteiger partial charge in [-0.2, -0.15) is 0 Å². The van der Waals surface area contributed by atoms with E-state index in [2.05, 4.69) is 20.9 Å². The molecule has 1 heterocycles. The van der Waals surface area contributed by atoms with Gasteiger partial charge in [0.2, 0.25) is 0 Å². The van der Waals surface area contributed by atoms with Crippen LogP contribution in [0.4, 0.5) is 0 Å². The van der Waals surface area contributed by atoms with Crippen LogP contribution in [-0.2, 0) is 0 Å².